The summed E-state index contributed by atoms with van der Waals surface area (Å²) in [6, 6.07) is 0.0300. The van der Waals surface area contributed by atoms with Crippen molar-refractivity contribution in [3.8, 4) is 0 Å². The monoisotopic (exact) mass is 174 g/mol. The van der Waals surface area contributed by atoms with Gasteiger partial charge >= 0.3 is 0 Å². The molecule has 72 valence electrons. The van der Waals surface area contributed by atoms with Crippen LogP contribution in [-0.4, -0.2) is 38.8 Å². The summed E-state index contributed by atoms with van der Waals surface area (Å²) in [5.41, 5.74) is 0. The van der Waals surface area contributed by atoms with Gasteiger partial charge in [-0.25, -0.2) is 0 Å². The average Bonchev–Trinajstić information content (AvgIpc) is 2.03. The number of nitrogens with one attached hydrogen (secondary N) is 2. The molecule has 0 aliphatic heterocycles. The molecule has 0 aromatic carbocycles. The summed E-state index contributed by atoms with van der Waals surface area (Å²) in [4.78, 5) is 11.0. The quantitative estimate of drug-likeness (QED) is 0.604. The van der Waals surface area contributed by atoms with E-state index in [0.29, 0.717) is 6.61 Å². The fraction of sp³-hybridized carbons (Fsp3) is 0.875. The number of hydrogen-bond donors (Lipinski definition) is 2. The number of rotatable bonds is 5. The summed E-state index contributed by atoms with van der Waals surface area (Å²) in [7, 11) is 3.27. The molecule has 0 spiro atoms. The summed E-state index contributed by atoms with van der Waals surface area (Å²) >= 11 is 0. The van der Waals surface area contributed by atoms with Gasteiger partial charge in [0.15, 0.2) is 0 Å². The zero-order valence-corrected chi connectivity index (χ0v) is 8.18. The third-order valence-corrected chi connectivity index (χ3v) is 1.59. The van der Waals surface area contributed by atoms with Crippen molar-refractivity contribution in [2.45, 2.75) is 25.9 Å². The normalized spacial score (nSPS) is 15.3. The van der Waals surface area contributed by atoms with E-state index in [-0.39, 0.29) is 18.0 Å². The van der Waals surface area contributed by atoms with Gasteiger partial charge in [-0.3, -0.25) is 4.79 Å². The van der Waals surface area contributed by atoms with Crippen LogP contribution in [-0.2, 0) is 9.53 Å². The third-order valence-electron chi connectivity index (χ3n) is 1.59. The van der Waals surface area contributed by atoms with Gasteiger partial charge in [0.25, 0.3) is 0 Å². The highest BCUT2D eigenvalue weighted by atomic mass is 16.5. The number of likely N-dealkylation sites (N-methyl/N-ethyl adjacent to an activating group) is 1. The van der Waals surface area contributed by atoms with Gasteiger partial charge < -0.3 is 15.4 Å². The molecule has 0 saturated carbocycles. The molecule has 0 fully saturated rings. The summed E-state index contributed by atoms with van der Waals surface area (Å²) < 4.78 is 4.92. The van der Waals surface area contributed by atoms with Crippen LogP contribution in [0.2, 0.25) is 0 Å². The first-order valence-electron chi connectivity index (χ1n) is 4.08. The van der Waals surface area contributed by atoms with Crippen molar-refractivity contribution in [3.63, 3.8) is 0 Å². The molecule has 12 heavy (non-hydrogen) atoms. The Kier molecular flexibility index (Phi) is 5.66. The number of ether oxygens (including phenoxy) is 1. The van der Waals surface area contributed by atoms with Gasteiger partial charge in [-0.05, 0) is 13.8 Å². The number of carbonyl (C=O) groups excluding carboxylic acids is 1. The van der Waals surface area contributed by atoms with Crippen molar-refractivity contribution in [1.82, 2.24) is 10.6 Å². The Morgan fingerprint density at radius 1 is 1.50 bits per heavy atom. The van der Waals surface area contributed by atoms with Gasteiger partial charge in [0.05, 0.1) is 12.6 Å². The summed E-state index contributed by atoms with van der Waals surface area (Å²) in [6.07, 6.45) is 0. The van der Waals surface area contributed by atoms with E-state index >= 15 is 0 Å². The molecular weight excluding hydrogens is 156 g/mol. The second kappa shape index (κ2) is 5.97. The molecule has 0 saturated heterocycles. The minimum atomic E-state index is -0.167. The fourth-order valence-corrected chi connectivity index (χ4v) is 1.02. The van der Waals surface area contributed by atoms with Gasteiger partial charge in [0.2, 0.25) is 5.91 Å². The fourth-order valence-electron chi connectivity index (χ4n) is 1.02. The SMILES string of the molecule is CNC(=O)[C@@H](C)NC(C)COC. The molecule has 0 bridgehead atoms. The molecule has 2 atom stereocenters. The molecule has 4 heteroatoms. The highest BCUT2D eigenvalue weighted by Gasteiger charge is 2.12. The Bertz CT molecular complexity index is 139. The van der Waals surface area contributed by atoms with Crippen LogP contribution in [0.5, 0.6) is 0 Å². The molecule has 0 aromatic heterocycles. The maximum absolute atomic E-state index is 11.0. The first-order valence-corrected chi connectivity index (χ1v) is 4.08. The molecule has 2 N–H and O–H groups in total. The number of amides is 1. The van der Waals surface area contributed by atoms with E-state index in [9.17, 15) is 4.79 Å². The van der Waals surface area contributed by atoms with Crippen LogP contribution in [0.3, 0.4) is 0 Å². The second-order valence-corrected chi connectivity index (χ2v) is 2.86. The van der Waals surface area contributed by atoms with Crippen LogP contribution in [0.15, 0.2) is 0 Å². The molecule has 0 rings (SSSR count). The first-order chi connectivity index (χ1) is 5.61. The van der Waals surface area contributed by atoms with Gasteiger partial charge in [0.1, 0.15) is 0 Å². The smallest absolute Gasteiger partial charge is 0.236 e. The van der Waals surface area contributed by atoms with Gasteiger partial charge in [0, 0.05) is 20.2 Å². The van der Waals surface area contributed by atoms with Gasteiger partial charge in [-0.15, -0.1) is 0 Å². The van der Waals surface area contributed by atoms with Gasteiger partial charge in [-0.1, -0.05) is 0 Å². The van der Waals surface area contributed by atoms with E-state index in [2.05, 4.69) is 10.6 Å². The van der Waals surface area contributed by atoms with E-state index in [1.54, 1.807) is 14.2 Å². The Morgan fingerprint density at radius 3 is 2.50 bits per heavy atom. The maximum atomic E-state index is 11.0. The molecule has 1 amide bonds. The Morgan fingerprint density at radius 2 is 2.08 bits per heavy atom. The van der Waals surface area contributed by atoms with E-state index in [4.69, 9.17) is 4.74 Å². The minimum absolute atomic E-state index is 0.00190. The average molecular weight is 174 g/mol. The highest BCUT2D eigenvalue weighted by Crippen LogP contribution is 1.87. The van der Waals surface area contributed by atoms with E-state index in [0.717, 1.165) is 0 Å². The van der Waals surface area contributed by atoms with Gasteiger partial charge in [-0.2, -0.15) is 0 Å². The first kappa shape index (κ1) is 11.4. The second-order valence-electron chi connectivity index (χ2n) is 2.86. The standard InChI is InChI=1S/C8H18N2O2/c1-6(5-12-4)10-7(2)8(11)9-3/h6-7,10H,5H2,1-4H3,(H,9,11)/t6?,7-/m1/s1. The lowest BCUT2D eigenvalue weighted by atomic mass is 10.2. The molecule has 1 unspecified atom stereocenters. The molecule has 0 aliphatic rings. The van der Waals surface area contributed by atoms with Crippen LogP contribution in [0.1, 0.15) is 13.8 Å². The summed E-state index contributed by atoms with van der Waals surface area (Å²) in [6.45, 7) is 4.41. The number of carbonyl (C=O) groups is 1. The Balaban J connectivity index is 3.67. The van der Waals surface area contributed by atoms with Crippen LogP contribution in [0, 0.1) is 0 Å². The molecule has 0 aromatic rings. The van der Waals surface area contributed by atoms with E-state index in [1.165, 1.54) is 0 Å². The molecular formula is C8H18N2O2. The Labute approximate surface area is 73.7 Å². The number of hydrogen-bond acceptors (Lipinski definition) is 3. The minimum Gasteiger partial charge on any atom is -0.383 e. The predicted octanol–water partition coefficient (Wildman–Crippen LogP) is -0.255. The topological polar surface area (TPSA) is 50.4 Å². The van der Waals surface area contributed by atoms with Crippen LogP contribution in [0.25, 0.3) is 0 Å². The van der Waals surface area contributed by atoms with E-state index < -0.39 is 0 Å². The van der Waals surface area contributed by atoms with E-state index in [1.807, 2.05) is 13.8 Å². The lowest BCUT2D eigenvalue weighted by molar-refractivity contribution is -0.122. The molecule has 0 radical (unpaired) electrons. The lowest BCUT2D eigenvalue weighted by Crippen LogP contribution is -2.46. The highest BCUT2D eigenvalue weighted by molar-refractivity contribution is 5.80. The van der Waals surface area contributed by atoms with Crippen molar-refractivity contribution >= 4 is 5.91 Å². The zero-order chi connectivity index (χ0) is 9.56. The zero-order valence-electron chi connectivity index (χ0n) is 8.18. The van der Waals surface area contributed by atoms with Crippen molar-refractivity contribution in [2.75, 3.05) is 20.8 Å². The molecule has 4 nitrogen and oxygen atoms in total. The van der Waals surface area contributed by atoms with Crippen LogP contribution < -0.4 is 10.6 Å². The largest absolute Gasteiger partial charge is 0.383 e. The predicted molar refractivity (Wildman–Crippen MR) is 48.0 cm³/mol. The summed E-state index contributed by atoms with van der Waals surface area (Å²) in [5, 5.41) is 5.66. The Hall–Kier alpha value is -0.610. The van der Waals surface area contributed by atoms with Crippen molar-refractivity contribution in [1.29, 1.82) is 0 Å². The van der Waals surface area contributed by atoms with Crippen molar-refractivity contribution in [3.05, 3.63) is 0 Å². The molecule has 0 heterocycles. The molecule has 0 aliphatic carbocycles. The maximum Gasteiger partial charge on any atom is 0.236 e. The number of methoxy groups -OCH3 is 1. The van der Waals surface area contributed by atoms with Crippen molar-refractivity contribution in [2.24, 2.45) is 0 Å². The lowest BCUT2D eigenvalue weighted by Gasteiger charge is -2.17. The van der Waals surface area contributed by atoms with Crippen molar-refractivity contribution < 1.29 is 9.53 Å². The summed E-state index contributed by atoms with van der Waals surface area (Å²) in [5.74, 6) is -0.00190. The van der Waals surface area contributed by atoms with Crippen LogP contribution in [0.4, 0.5) is 0 Å². The van der Waals surface area contributed by atoms with Crippen LogP contribution >= 0.6 is 0 Å². The third kappa shape index (κ3) is 4.31.